The molecule has 0 amide bonds. The number of rotatable bonds is 8. The van der Waals surface area contributed by atoms with Crippen LogP contribution in [0, 0.1) is 11.8 Å². The number of nitrogens with zero attached hydrogens (tertiary/aromatic N) is 2. The fourth-order valence-electron chi connectivity index (χ4n) is 2.87. The van der Waals surface area contributed by atoms with Gasteiger partial charge >= 0.3 is 0 Å². The molecule has 23 heavy (non-hydrogen) atoms. The molecule has 1 rings (SSSR count). The zero-order valence-corrected chi connectivity index (χ0v) is 14.8. The number of hydrogen-bond donors (Lipinski definition) is 0. The van der Waals surface area contributed by atoms with Crippen molar-refractivity contribution in [1.29, 1.82) is 0 Å². The van der Waals surface area contributed by atoms with E-state index in [2.05, 4.69) is 44.6 Å². The van der Waals surface area contributed by atoms with Gasteiger partial charge in [0.15, 0.2) is 0 Å². The fourth-order valence-corrected chi connectivity index (χ4v) is 2.87. The Morgan fingerprint density at radius 2 is 1.43 bits per heavy atom. The predicted molar refractivity (Wildman–Crippen MR) is 93.1 cm³/mol. The van der Waals surface area contributed by atoms with Gasteiger partial charge in [-0.25, -0.2) is 9.59 Å². The van der Waals surface area contributed by atoms with Crippen molar-refractivity contribution in [1.82, 2.24) is 0 Å². The van der Waals surface area contributed by atoms with E-state index >= 15 is 0 Å². The molecule has 0 saturated heterocycles. The Morgan fingerprint density at radius 1 is 0.913 bits per heavy atom. The predicted octanol–water partition coefficient (Wildman–Crippen LogP) is 4.97. The summed E-state index contributed by atoms with van der Waals surface area (Å²) in [5.74, 6) is 0.803. The van der Waals surface area contributed by atoms with Gasteiger partial charge in [0, 0.05) is 5.56 Å². The minimum Gasteiger partial charge on any atom is -0.211 e. The molecular weight excluding hydrogens is 288 g/mol. The van der Waals surface area contributed by atoms with Crippen LogP contribution in [0.15, 0.2) is 16.1 Å². The quantitative estimate of drug-likeness (QED) is 0.502. The first-order valence-corrected chi connectivity index (χ1v) is 8.27. The summed E-state index contributed by atoms with van der Waals surface area (Å²) >= 11 is 0. The highest BCUT2D eigenvalue weighted by atomic mass is 16.1. The zero-order valence-electron chi connectivity index (χ0n) is 14.8. The fraction of sp³-hybridized carbons (Fsp3) is 0.579. The van der Waals surface area contributed by atoms with Gasteiger partial charge in [-0.05, 0) is 42.2 Å². The standard InChI is InChI=1S/C19H26N2O2/c1-6-7-15-10-16(8-13(2)3)19(21-12-23)17(9-14(4)5)18(15)20-11-22/h10,13-14H,6-9H2,1-5H3. The third kappa shape index (κ3) is 5.28. The van der Waals surface area contributed by atoms with E-state index in [9.17, 15) is 9.59 Å². The maximum atomic E-state index is 10.9. The smallest absolute Gasteiger partial charge is 0.211 e. The highest BCUT2D eigenvalue weighted by molar-refractivity contribution is 5.72. The van der Waals surface area contributed by atoms with Crippen LogP contribution in [0.5, 0.6) is 0 Å². The molecule has 0 bridgehead atoms. The molecule has 0 aliphatic rings. The first-order valence-electron chi connectivity index (χ1n) is 8.27. The second-order valence-corrected chi connectivity index (χ2v) is 6.72. The minimum absolute atomic E-state index is 0.361. The van der Waals surface area contributed by atoms with Crippen LogP contribution in [-0.2, 0) is 28.9 Å². The highest BCUT2D eigenvalue weighted by Crippen LogP contribution is 2.39. The first kappa shape index (κ1) is 19.0. The second-order valence-electron chi connectivity index (χ2n) is 6.72. The molecule has 4 heteroatoms. The maximum Gasteiger partial charge on any atom is 0.240 e. The Hall–Kier alpha value is -2.02. The molecule has 4 nitrogen and oxygen atoms in total. The van der Waals surface area contributed by atoms with Crippen molar-refractivity contribution in [3.63, 3.8) is 0 Å². The number of isocyanates is 2. The van der Waals surface area contributed by atoms with Crippen LogP contribution in [0.3, 0.4) is 0 Å². The molecule has 0 saturated carbocycles. The SMILES string of the molecule is CCCc1cc(CC(C)C)c(N=C=O)c(CC(C)C)c1N=C=O. The van der Waals surface area contributed by atoms with E-state index in [1.165, 1.54) is 0 Å². The summed E-state index contributed by atoms with van der Waals surface area (Å²) in [5.41, 5.74) is 4.21. The summed E-state index contributed by atoms with van der Waals surface area (Å²) in [6.45, 7) is 10.5. The molecule has 1 aromatic rings. The lowest BCUT2D eigenvalue weighted by Gasteiger charge is -2.19. The lowest BCUT2D eigenvalue weighted by molar-refractivity contribution is 0.564. The lowest BCUT2D eigenvalue weighted by atomic mass is 9.89. The molecule has 0 radical (unpaired) electrons. The van der Waals surface area contributed by atoms with E-state index in [-0.39, 0.29) is 0 Å². The van der Waals surface area contributed by atoms with Crippen molar-refractivity contribution < 1.29 is 9.59 Å². The molecule has 0 unspecified atom stereocenters. The first-order chi connectivity index (χ1) is 10.9. The van der Waals surface area contributed by atoms with Gasteiger partial charge in [-0.2, -0.15) is 9.98 Å². The topological polar surface area (TPSA) is 58.9 Å². The summed E-state index contributed by atoms with van der Waals surface area (Å²) in [4.78, 5) is 29.7. The van der Waals surface area contributed by atoms with Gasteiger partial charge in [-0.1, -0.05) is 47.1 Å². The summed E-state index contributed by atoms with van der Waals surface area (Å²) in [5, 5.41) is 0. The molecular formula is C19H26N2O2. The molecule has 0 heterocycles. The Kier molecular flexibility index (Phi) is 7.61. The van der Waals surface area contributed by atoms with Crippen LogP contribution in [0.4, 0.5) is 11.4 Å². The summed E-state index contributed by atoms with van der Waals surface area (Å²) in [6, 6.07) is 2.04. The average molecular weight is 314 g/mol. The summed E-state index contributed by atoms with van der Waals surface area (Å²) in [7, 11) is 0. The van der Waals surface area contributed by atoms with Crippen molar-refractivity contribution in [3.05, 3.63) is 22.8 Å². The summed E-state index contributed by atoms with van der Waals surface area (Å²) < 4.78 is 0. The van der Waals surface area contributed by atoms with Crippen LogP contribution in [0.1, 0.15) is 57.7 Å². The van der Waals surface area contributed by atoms with E-state index in [1.54, 1.807) is 12.2 Å². The number of aryl methyl sites for hydroxylation is 1. The third-order valence-electron chi connectivity index (χ3n) is 3.60. The Morgan fingerprint density at radius 3 is 1.87 bits per heavy atom. The van der Waals surface area contributed by atoms with E-state index in [4.69, 9.17) is 0 Å². The van der Waals surface area contributed by atoms with Crippen molar-refractivity contribution in [2.45, 2.75) is 60.3 Å². The monoisotopic (exact) mass is 314 g/mol. The molecule has 0 aromatic heterocycles. The largest absolute Gasteiger partial charge is 0.240 e. The molecule has 0 aliphatic heterocycles. The maximum absolute atomic E-state index is 10.9. The third-order valence-corrected chi connectivity index (χ3v) is 3.60. The van der Waals surface area contributed by atoms with Crippen molar-refractivity contribution in [2.24, 2.45) is 21.8 Å². The van der Waals surface area contributed by atoms with E-state index in [0.29, 0.717) is 29.6 Å². The van der Waals surface area contributed by atoms with Gasteiger partial charge in [0.1, 0.15) is 0 Å². The van der Waals surface area contributed by atoms with E-state index < -0.39 is 0 Å². The normalized spacial score (nSPS) is 10.6. The number of benzene rings is 1. The Labute approximate surface area is 138 Å². The second kappa shape index (κ2) is 9.19. The van der Waals surface area contributed by atoms with Gasteiger partial charge in [0.2, 0.25) is 12.2 Å². The van der Waals surface area contributed by atoms with Crippen LogP contribution in [0.25, 0.3) is 0 Å². The number of hydrogen-bond acceptors (Lipinski definition) is 4. The Bertz CT molecular complexity index is 635. The van der Waals surface area contributed by atoms with Crippen LogP contribution >= 0.6 is 0 Å². The molecule has 0 spiro atoms. The van der Waals surface area contributed by atoms with Gasteiger partial charge in [0.05, 0.1) is 11.4 Å². The minimum atomic E-state index is 0.361. The van der Waals surface area contributed by atoms with Gasteiger partial charge in [-0.3, -0.25) is 0 Å². The zero-order chi connectivity index (χ0) is 17.4. The van der Waals surface area contributed by atoms with Gasteiger partial charge in [-0.15, -0.1) is 0 Å². The van der Waals surface area contributed by atoms with Gasteiger partial charge in [0.25, 0.3) is 0 Å². The van der Waals surface area contributed by atoms with E-state index in [0.717, 1.165) is 36.0 Å². The van der Waals surface area contributed by atoms with Crippen LogP contribution < -0.4 is 0 Å². The average Bonchev–Trinajstić information content (AvgIpc) is 2.45. The van der Waals surface area contributed by atoms with Crippen molar-refractivity contribution in [3.8, 4) is 0 Å². The molecule has 0 fully saturated rings. The van der Waals surface area contributed by atoms with Crippen LogP contribution in [-0.4, -0.2) is 12.2 Å². The molecule has 124 valence electrons. The van der Waals surface area contributed by atoms with Crippen LogP contribution in [0.2, 0.25) is 0 Å². The highest BCUT2D eigenvalue weighted by Gasteiger charge is 2.19. The van der Waals surface area contributed by atoms with E-state index in [1.807, 2.05) is 6.07 Å². The lowest BCUT2D eigenvalue weighted by Crippen LogP contribution is -2.03. The Balaban J connectivity index is 3.74. The molecule has 0 aliphatic carbocycles. The van der Waals surface area contributed by atoms with Crippen molar-refractivity contribution in [2.75, 3.05) is 0 Å². The molecule has 0 N–H and O–H groups in total. The number of carbonyl (C=O) groups excluding carboxylic acids is 2. The molecule has 0 atom stereocenters. The van der Waals surface area contributed by atoms with Gasteiger partial charge < -0.3 is 0 Å². The number of aliphatic imine (C=N–C) groups is 2. The van der Waals surface area contributed by atoms with Crippen molar-refractivity contribution >= 4 is 23.5 Å². The summed E-state index contributed by atoms with van der Waals surface area (Å²) in [6.07, 6.45) is 6.66. The molecule has 1 aromatic carbocycles.